The summed E-state index contributed by atoms with van der Waals surface area (Å²) in [6.45, 7) is 3.05. The average molecular weight is 282 g/mol. The summed E-state index contributed by atoms with van der Waals surface area (Å²) in [5.74, 6) is 0. The normalized spacial score (nSPS) is 10.4. The lowest BCUT2D eigenvalue weighted by molar-refractivity contribution is 0.0691. The van der Waals surface area contributed by atoms with E-state index in [4.69, 9.17) is 27.4 Å². The number of hydrogen-bond acceptors (Lipinski definition) is 4. The van der Waals surface area contributed by atoms with Crippen LogP contribution in [0.3, 0.4) is 0 Å². The first-order valence-corrected chi connectivity index (χ1v) is 6.85. The fraction of sp³-hybridized carbons (Fsp3) is 0.500. The minimum Gasteiger partial charge on any atom is -0.389 e. The molecule has 0 aliphatic rings. The smallest absolute Gasteiger partial charge is 0.103 e. The lowest BCUT2D eigenvalue weighted by Gasteiger charge is -2.07. The molecular weight excluding hydrogens is 260 g/mol. The summed E-state index contributed by atoms with van der Waals surface area (Å²) in [5, 5.41) is 3.35. The highest BCUT2D eigenvalue weighted by Crippen LogP contribution is 2.09. The predicted octanol–water partition coefficient (Wildman–Crippen LogP) is 2.18. The number of rotatable bonds is 10. The van der Waals surface area contributed by atoms with Gasteiger partial charge in [0.2, 0.25) is 0 Å². The molecule has 0 aromatic heterocycles. The summed E-state index contributed by atoms with van der Waals surface area (Å²) >= 11 is 4.91. The molecule has 0 amide bonds. The number of ether oxygens (including phenoxy) is 2. The second-order valence-electron chi connectivity index (χ2n) is 4.18. The van der Waals surface area contributed by atoms with Crippen LogP contribution in [-0.2, 0) is 9.47 Å². The monoisotopic (exact) mass is 282 g/mol. The zero-order valence-electron chi connectivity index (χ0n) is 11.4. The van der Waals surface area contributed by atoms with Crippen molar-refractivity contribution in [2.24, 2.45) is 5.73 Å². The van der Waals surface area contributed by atoms with Gasteiger partial charge >= 0.3 is 0 Å². The molecule has 0 bridgehead atoms. The van der Waals surface area contributed by atoms with Crippen LogP contribution in [0.1, 0.15) is 18.4 Å². The standard InChI is InChI=1S/C14H22N2O2S/c1-17-10-11-18-9-3-2-8-16-13-6-4-12(5-7-13)14(15)19/h4-7,16H,2-3,8-11H2,1H3,(H2,15,19). The highest BCUT2D eigenvalue weighted by Gasteiger charge is 1.96. The molecule has 106 valence electrons. The van der Waals surface area contributed by atoms with Gasteiger partial charge in [-0.3, -0.25) is 0 Å². The predicted molar refractivity (Wildman–Crippen MR) is 82.7 cm³/mol. The first kappa shape index (κ1) is 15.9. The van der Waals surface area contributed by atoms with Crippen molar-refractivity contribution in [2.75, 3.05) is 38.8 Å². The molecular formula is C14H22N2O2S. The Kier molecular flexibility index (Phi) is 8.13. The summed E-state index contributed by atoms with van der Waals surface area (Å²) < 4.78 is 10.3. The first-order valence-electron chi connectivity index (χ1n) is 6.44. The van der Waals surface area contributed by atoms with Crippen LogP contribution in [0.15, 0.2) is 24.3 Å². The van der Waals surface area contributed by atoms with Crippen molar-refractivity contribution in [2.45, 2.75) is 12.8 Å². The van der Waals surface area contributed by atoms with E-state index in [0.29, 0.717) is 18.2 Å². The van der Waals surface area contributed by atoms with E-state index in [1.54, 1.807) is 7.11 Å². The van der Waals surface area contributed by atoms with Crippen molar-refractivity contribution < 1.29 is 9.47 Å². The van der Waals surface area contributed by atoms with Crippen LogP contribution in [-0.4, -0.2) is 38.5 Å². The number of nitrogens with one attached hydrogen (secondary N) is 1. The molecule has 0 radical (unpaired) electrons. The SMILES string of the molecule is COCCOCCCCNc1ccc(C(N)=S)cc1. The summed E-state index contributed by atoms with van der Waals surface area (Å²) in [4.78, 5) is 0.430. The molecule has 0 aliphatic heterocycles. The molecule has 0 aliphatic carbocycles. The van der Waals surface area contributed by atoms with Gasteiger partial charge in [0.25, 0.3) is 0 Å². The number of hydrogen-bond donors (Lipinski definition) is 2. The number of nitrogens with two attached hydrogens (primary N) is 1. The zero-order valence-corrected chi connectivity index (χ0v) is 12.2. The number of thiocarbonyl (C=S) groups is 1. The molecule has 0 unspecified atom stereocenters. The van der Waals surface area contributed by atoms with Gasteiger partial charge in [0, 0.05) is 31.5 Å². The van der Waals surface area contributed by atoms with E-state index < -0.39 is 0 Å². The summed E-state index contributed by atoms with van der Waals surface area (Å²) in [5.41, 5.74) is 7.52. The third-order valence-corrected chi connectivity index (χ3v) is 2.88. The number of anilines is 1. The zero-order chi connectivity index (χ0) is 13.9. The Morgan fingerprint density at radius 2 is 1.89 bits per heavy atom. The quantitative estimate of drug-likeness (QED) is 0.509. The molecule has 0 saturated heterocycles. The maximum atomic E-state index is 5.54. The van der Waals surface area contributed by atoms with Crippen molar-refractivity contribution in [1.29, 1.82) is 0 Å². The molecule has 4 nitrogen and oxygen atoms in total. The van der Waals surface area contributed by atoms with Crippen LogP contribution in [0.2, 0.25) is 0 Å². The van der Waals surface area contributed by atoms with E-state index in [-0.39, 0.29) is 0 Å². The van der Waals surface area contributed by atoms with Gasteiger partial charge in [0.15, 0.2) is 0 Å². The molecule has 5 heteroatoms. The third-order valence-electron chi connectivity index (χ3n) is 2.65. The minimum atomic E-state index is 0.430. The van der Waals surface area contributed by atoms with Crippen molar-refractivity contribution in [3.05, 3.63) is 29.8 Å². The van der Waals surface area contributed by atoms with E-state index in [0.717, 1.165) is 37.2 Å². The van der Waals surface area contributed by atoms with Crippen LogP contribution in [0.25, 0.3) is 0 Å². The Labute approximate surface area is 120 Å². The minimum absolute atomic E-state index is 0.430. The fourth-order valence-corrected chi connectivity index (χ4v) is 1.69. The molecule has 1 aromatic carbocycles. The Hall–Kier alpha value is -1.17. The highest BCUT2D eigenvalue weighted by atomic mass is 32.1. The molecule has 3 N–H and O–H groups in total. The van der Waals surface area contributed by atoms with Crippen LogP contribution in [0, 0.1) is 0 Å². The van der Waals surface area contributed by atoms with Gasteiger partial charge in [0.05, 0.1) is 13.2 Å². The largest absolute Gasteiger partial charge is 0.389 e. The maximum Gasteiger partial charge on any atom is 0.103 e. The summed E-state index contributed by atoms with van der Waals surface area (Å²) in [7, 11) is 1.68. The van der Waals surface area contributed by atoms with Crippen LogP contribution in [0.4, 0.5) is 5.69 Å². The average Bonchev–Trinajstić information content (AvgIpc) is 2.42. The van der Waals surface area contributed by atoms with Gasteiger partial charge in [-0.15, -0.1) is 0 Å². The number of methoxy groups -OCH3 is 1. The van der Waals surface area contributed by atoms with Gasteiger partial charge in [-0.25, -0.2) is 0 Å². The molecule has 0 saturated carbocycles. The lowest BCUT2D eigenvalue weighted by Crippen LogP contribution is -2.09. The van der Waals surface area contributed by atoms with Gasteiger partial charge < -0.3 is 20.5 Å². The molecule has 0 fully saturated rings. The van der Waals surface area contributed by atoms with Crippen molar-refractivity contribution in [1.82, 2.24) is 0 Å². The molecule has 0 heterocycles. The van der Waals surface area contributed by atoms with Crippen LogP contribution in [0.5, 0.6) is 0 Å². The van der Waals surface area contributed by atoms with E-state index in [1.807, 2.05) is 24.3 Å². The lowest BCUT2D eigenvalue weighted by atomic mass is 10.2. The second kappa shape index (κ2) is 9.72. The summed E-state index contributed by atoms with van der Waals surface area (Å²) in [6.07, 6.45) is 2.12. The molecule has 0 spiro atoms. The molecule has 1 rings (SSSR count). The van der Waals surface area contributed by atoms with Gasteiger partial charge in [0.1, 0.15) is 4.99 Å². The second-order valence-corrected chi connectivity index (χ2v) is 4.62. The molecule has 1 aromatic rings. The van der Waals surface area contributed by atoms with Crippen molar-refractivity contribution >= 4 is 22.9 Å². The van der Waals surface area contributed by atoms with E-state index in [2.05, 4.69) is 5.32 Å². The van der Waals surface area contributed by atoms with Gasteiger partial charge in [-0.1, -0.05) is 12.2 Å². The Balaban J connectivity index is 2.07. The Morgan fingerprint density at radius 1 is 1.16 bits per heavy atom. The fourth-order valence-electron chi connectivity index (χ4n) is 1.56. The van der Waals surface area contributed by atoms with Crippen molar-refractivity contribution in [3.63, 3.8) is 0 Å². The molecule has 0 atom stereocenters. The van der Waals surface area contributed by atoms with Gasteiger partial charge in [-0.2, -0.15) is 0 Å². The molecule has 19 heavy (non-hydrogen) atoms. The van der Waals surface area contributed by atoms with Gasteiger partial charge in [-0.05, 0) is 37.1 Å². The van der Waals surface area contributed by atoms with E-state index in [1.165, 1.54) is 0 Å². The number of unbranched alkanes of at least 4 members (excludes halogenated alkanes) is 1. The first-order chi connectivity index (χ1) is 9.24. The highest BCUT2D eigenvalue weighted by molar-refractivity contribution is 7.80. The summed E-state index contributed by atoms with van der Waals surface area (Å²) in [6, 6.07) is 7.84. The van der Waals surface area contributed by atoms with Crippen LogP contribution < -0.4 is 11.1 Å². The van der Waals surface area contributed by atoms with E-state index >= 15 is 0 Å². The topological polar surface area (TPSA) is 56.5 Å². The van der Waals surface area contributed by atoms with Crippen molar-refractivity contribution in [3.8, 4) is 0 Å². The Morgan fingerprint density at radius 3 is 2.53 bits per heavy atom. The third kappa shape index (κ3) is 7.10. The Bertz CT molecular complexity index is 368. The van der Waals surface area contributed by atoms with Crippen LogP contribution >= 0.6 is 12.2 Å². The maximum absolute atomic E-state index is 5.54. The number of benzene rings is 1. The van der Waals surface area contributed by atoms with E-state index in [9.17, 15) is 0 Å².